The fourth-order valence-electron chi connectivity index (χ4n) is 2.65. The topological polar surface area (TPSA) is 61.5 Å². The summed E-state index contributed by atoms with van der Waals surface area (Å²) in [5.74, 6) is 0.395. The van der Waals surface area contributed by atoms with Crippen LogP contribution in [0.4, 0.5) is 0 Å². The van der Waals surface area contributed by atoms with Crippen LogP contribution in [0.2, 0.25) is 0 Å². The summed E-state index contributed by atoms with van der Waals surface area (Å²) in [6.45, 7) is 6.63. The lowest BCUT2D eigenvalue weighted by Gasteiger charge is -2.40. The van der Waals surface area contributed by atoms with E-state index < -0.39 is 5.60 Å². The normalized spacial score (nSPS) is 22.9. The first-order chi connectivity index (χ1) is 7.98. The number of nitrogens with two attached hydrogens (primary N) is 1. The van der Waals surface area contributed by atoms with Crippen LogP contribution in [0.15, 0.2) is 23.7 Å². The average molecular weight is 237 g/mol. The second-order valence-electron chi connectivity index (χ2n) is 5.51. The van der Waals surface area contributed by atoms with Crippen LogP contribution in [0.5, 0.6) is 0 Å². The zero-order valence-corrected chi connectivity index (χ0v) is 10.7. The van der Waals surface area contributed by atoms with Crippen LogP contribution in [0, 0.1) is 5.92 Å². The Labute approximate surface area is 103 Å². The van der Waals surface area contributed by atoms with E-state index >= 15 is 0 Å². The Morgan fingerprint density at radius 1 is 1.41 bits per heavy atom. The monoisotopic (exact) mass is 237 g/mol. The van der Waals surface area contributed by atoms with E-state index in [1.54, 1.807) is 0 Å². The number of rotatable bonds is 2. The lowest BCUT2D eigenvalue weighted by atomic mass is 9.83. The van der Waals surface area contributed by atoms with Gasteiger partial charge in [0.25, 0.3) is 0 Å². The molecule has 0 spiro atoms. The third-order valence-corrected chi connectivity index (χ3v) is 3.80. The van der Waals surface area contributed by atoms with E-state index in [9.17, 15) is 5.11 Å². The van der Waals surface area contributed by atoms with Crippen molar-refractivity contribution in [3.63, 3.8) is 0 Å². The van der Waals surface area contributed by atoms with Gasteiger partial charge in [0.1, 0.15) is 0 Å². The first-order valence-corrected chi connectivity index (χ1v) is 6.35. The first kappa shape index (κ1) is 12.3. The van der Waals surface area contributed by atoms with Gasteiger partial charge < -0.3 is 21.1 Å². The van der Waals surface area contributed by atoms with E-state index in [1.165, 1.54) is 0 Å². The molecule has 0 unspecified atom stereocenters. The Balaban J connectivity index is 1.96. The largest absolute Gasteiger partial charge is 0.396 e. The van der Waals surface area contributed by atoms with Crippen LogP contribution in [-0.2, 0) is 0 Å². The van der Waals surface area contributed by atoms with E-state index in [2.05, 4.69) is 16.3 Å². The van der Waals surface area contributed by atoms with Gasteiger partial charge in [0.05, 0.1) is 17.0 Å². The Bertz CT molecular complexity index is 333. The van der Waals surface area contributed by atoms with Crippen molar-refractivity contribution in [2.24, 2.45) is 11.7 Å². The summed E-state index contributed by atoms with van der Waals surface area (Å²) < 4.78 is 0. The van der Waals surface area contributed by atoms with Crippen LogP contribution >= 0.6 is 0 Å². The van der Waals surface area contributed by atoms with Gasteiger partial charge in [0.15, 0.2) is 0 Å². The predicted molar refractivity (Wildman–Crippen MR) is 69.0 cm³/mol. The first-order valence-electron chi connectivity index (χ1n) is 6.35. The maximum Gasteiger partial charge on any atom is 0.0708 e. The Hall–Kier alpha value is -1.16. The van der Waals surface area contributed by atoms with Gasteiger partial charge in [-0.3, -0.25) is 0 Å². The van der Waals surface area contributed by atoms with Crippen molar-refractivity contribution in [2.45, 2.75) is 32.3 Å². The highest BCUT2D eigenvalue weighted by Crippen LogP contribution is 2.30. The number of dihydropyridines is 1. The highest BCUT2D eigenvalue weighted by atomic mass is 16.3. The summed E-state index contributed by atoms with van der Waals surface area (Å²) in [6.07, 6.45) is 6.07. The minimum Gasteiger partial charge on any atom is -0.396 e. The van der Waals surface area contributed by atoms with E-state index in [0.29, 0.717) is 5.92 Å². The molecule has 0 aromatic heterocycles. The third kappa shape index (κ3) is 2.75. The molecule has 0 aromatic carbocycles. The third-order valence-electron chi connectivity index (χ3n) is 3.80. The summed E-state index contributed by atoms with van der Waals surface area (Å²) in [5, 5.41) is 13.1. The lowest BCUT2D eigenvalue weighted by Crippen LogP contribution is -2.42. The van der Waals surface area contributed by atoms with Crippen molar-refractivity contribution < 1.29 is 5.11 Å². The smallest absolute Gasteiger partial charge is 0.0708 e. The molecule has 1 saturated heterocycles. The average Bonchev–Trinajstić information content (AvgIpc) is 2.29. The molecule has 4 heteroatoms. The molecule has 2 aliphatic rings. The molecule has 96 valence electrons. The maximum absolute atomic E-state index is 10.0. The van der Waals surface area contributed by atoms with Gasteiger partial charge >= 0.3 is 0 Å². The molecular formula is C13H23N3O. The molecule has 0 aliphatic carbocycles. The molecule has 2 heterocycles. The van der Waals surface area contributed by atoms with Crippen LogP contribution in [0.1, 0.15) is 26.7 Å². The summed E-state index contributed by atoms with van der Waals surface area (Å²) in [7, 11) is 0. The quantitative estimate of drug-likeness (QED) is 0.663. The van der Waals surface area contributed by atoms with Gasteiger partial charge in [-0.1, -0.05) is 0 Å². The molecule has 4 N–H and O–H groups in total. The summed E-state index contributed by atoms with van der Waals surface area (Å²) in [6, 6.07) is 0. The summed E-state index contributed by atoms with van der Waals surface area (Å²) in [4.78, 5) is 2.33. The van der Waals surface area contributed by atoms with Crippen LogP contribution in [0.3, 0.4) is 0 Å². The minimum atomic E-state index is -0.560. The van der Waals surface area contributed by atoms with Gasteiger partial charge in [0.2, 0.25) is 0 Å². The lowest BCUT2D eigenvalue weighted by molar-refractivity contribution is -0.00818. The molecule has 0 radical (unpaired) electrons. The second kappa shape index (κ2) is 4.61. The van der Waals surface area contributed by atoms with Crippen LogP contribution in [-0.4, -0.2) is 35.2 Å². The Morgan fingerprint density at radius 3 is 2.59 bits per heavy atom. The van der Waals surface area contributed by atoms with Crippen molar-refractivity contribution in [1.82, 2.24) is 10.2 Å². The minimum absolute atomic E-state index is 0.395. The number of aliphatic hydroxyl groups is 1. The number of nitrogens with one attached hydrogen (secondary N) is 1. The van der Waals surface area contributed by atoms with Gasteiger partial charge in [-0.05, 0) is 38.7 Å². The number of hydrogen-bond donors (Lipinski definition) is 3. The summed E-state index contributed by atoms with van der Waals surface area (Å²) >= 11 is 0. The van der Waals surface area contributed by atoms with Crippen molar-refractivity contribution in [2.75, 3.05) is 19.6 Å². The molecule has 0 aromatic rings. The van der Waals surface area contributed by atoms with Crippen molar-refractivity contribution in [3.8, 4) is 0 Å². The Morgan fingerprint density at radius 2 is 2.06 bits per heavy atom. The fraction of sp³-hybridized carbons (Fsp3) is 0.692. The molecule has 0 amide bonds. The second-order valence-corrected chi connectivity index (χ2v) is 5.51. The molecule has 2 rings (SSSR count). The van der Waals surface area contributed by atoms with Gasteiger partial charge in [-0.15, -0.1) is 0 Å². The molecule has 0 bridgehead atoms. The van der Waals surface area contributed by atoms with Gasteiger partial charge in [-0.25, -0.2) is 0 Å². The van der Waals surface area contributed by atoms with E-state index in [4.69, 9.17) is 5.73 Å². The highest BCUT2D eigenvalue weighted by Gasteiger charge is 2.31. The molecule has 0 saturated carbocycles. The molecule has 4 nitrogen and oxygen atoms in total. The molecular weight excluding hydrogens is 214 g/mol. The SMILES string of the molecule is CC(C)(O)C1CCN(C2=CCNC=C2N)CC1. The zero-order valence-electron chi connectivity index (χ0n) is 10.7. The molecule has 17 heavy (non-hydrogen) atoms. The van der Waals surface area contributed by atoms with Crippen molar-refractivity contribution in [1.29, 1.82) is 0 Å². The van der Waals surface area contributed by atoms with E-state index in [1.807, 2.05) is 20.0 Å². The predicted octanol–water partition coefficient (Wildman–Crippen LogP) is 0.757. The number of nitrogens with zero attached hydrogens (tertiary/aromatic N) is 1. The van der Waals surface area contributed by atoms with E-state index in [-0.39, 0.29) is 0 Å². The van der Waals surface area contributed by atoms with E-state index in [0.717, 1.165) is 43.9 Å². The van der Waals surface area contributed by atoms with Gasteiger partial charge in [0, 0.05) is 25.8 Å². The Kier molecular flexibility index (Phi) is 3.33. The zero-order chi connectivity index (χ0) is 12.5. The summed E-state index contributed by atoms with van der Waals surface area (Å²) in [5.41, 5.74) is 7.38. The van der Waals surface area contributed by atoms with Crippen molar-refractivity contribution in [3.05, 3.63) is 23.7 Å². The number of likely N-dealkylation sites (tertiary alicyclic amines) is 1. The van der Waals surface area contributed by atoms with Crippen molar-refractivity contribution >= 4 is 0 Å². The highest BCUT2D eigenvalue weighted by molar-refractivity contribution is 5.30. The van der Waals surface area contributed by atoms with Gasteiger partial charge in [-0.2, -0.15) is 0 Å². The molecule has 0 atom stereocenters. The molecule has 1 fully saturated rings. The number of piperidine rings is 1. The number of hydrogen-bond acceptors (Lipinski definition) is 4. The fourth-order valence-corrected chi connectivity index (χ4v) is 2.65. The van der Waals surface area contributed by atoms with Crippen LogP contribution < -0.4 is 11.1 Å². The maximum atomic E-state index is 10.0. The standard InChI is InChI=1S/C13H23N3O/c1-13(2,17)10-4-7-16(8-5-10)12-3-6-15-9-11(12)14/h3,9-10,15,17H,4-8,14H2,1-2H3. The molecule has 2 aliphatic heterocycles. The van der Waals surface area contributed by atoms with Crippen LogP contribution in [0.25, 0.3) is 0 Å².